The van der Waals surface area contributed by atoms with E-state index in [1.54, 1.807) is 6.92 Å². The molecule has 0 spiro atoms. The minimum atomic E-state index is -4.51. The van der Waals surface area contributed by atoms with Crippen molar-refractivity contribution in [1.82, 2.24) is 0 Å². The Balaban J connectivity index is 3.89. The number of carbonyl (C=O) groups is 1. The maximum Gasteiger partial charge on any atom is 0.461 e. The Labute approximate surface area is 101 Å². The minimum absolute atomic E-state index is 0.145. The van der Waals surface area contributed by atoms with Crippen LogP contribution >= 0.6 is 7.82 Å². The molecule has 1 unspecified atom stereocenters. The third kappa shape index (κ3) is 10.4. The summed E-state index contributed by atoms with van der Waals surface area (Å²) in [6.45, 7) is 5.41. The number of rotatable bonds is 9. The average molecular weight is 284 g/mol. The molecule has 100 valence electrons. The van der Waals surface area contributed by atoms with Gasteiger partial charge in [-0.05, 0) is 19.4 Å². The van der Waals surface area contributed by atoms with Gasteiger partial charge in [-0.2, -0.15) is 0 Å². The van der Waals surface area contributed by atoms with Crippen molar-refractivity contribution in [3.63, 3.8) is 0 Å². The number of phosphoric acid groups is 1. The summed E-state index contributed by atoms with van der Waals surface area (Å²) in [5.41, 5.74) is 0. The van der Waals surface area contributed by atoms with Crippen molar-refractivity contribution in [2.45, 2.75) is 19.4 Å². The summed E-state index contributed by atoms with van der Waals surface area (Å²) in [7, 11) is -6.92. The second-order valence-corrected chi connectivity index (χ2v) is 6.59. The van der Waals surface area contributed by atoms with E-state index in [9.17, 15) is 9.36 Å². The van der Waals surface area contributed by atoms with E-state index in [1.807, 2.05) is 0 Å². The van der Waals surface area contributed by atoms with Crippen LogP contribution in [-0.2, 0) is 22.7 Å². The molecule has 9 heteroatoms. The quantitative estimate of drug-likeness (QED) is 0.208. The Morgan fingerprint density at radius 2 is 2.18 bits per heavy atom. The summed E-state index contributed by atoms with van der Waals surface area (Å²) in [5, 5.41) is 0. The lowest BCUT2D eigenvalue weighted by atomic mass is 10.5. The minimum Gasteiger partial charge on any atom is -0.463 e. The molecular weight excluding hydrogens is 267 g/mol. The highest BCUT2D eigenvalue weighted by Crippen LogP contribution is 2.37. The number of hydrogen-bond donors (Lipinski definition) is 2. The van der Waals surface area contributed by atoms with Crippen LogP contribution in [-0.4, -0.2) is 38.3 Å². The van der Waals surface area contributed by atoms with Crippen LogP contribution in [0.5, 0.6) is 0 Å². The average Bonchev–Trinajstić information content (AvgIpc) is 2.22. The van der Waals surface area contributed by atoms with Crippen molar-refractivity contribution in [3.05, 3.63) is 12.7 Å². The number of ether oxygens (including phenoxy) is 1. The SMILES string of the molecule is C=CC(=O)OCCC[SiH](OCC)OP(=O)(O)O. The van der Waals surface area contributed by atoms with Crippen molar-refractivity contribution < 1.29 is 32.5 Å². The molecule has 0 radical (unpaired) electrons. The Bertz CT molecular complexity index is 290. The normalized spacial score (nSPS) is 13.1. The first kappa shape index (κ1) is 16.5. The van der Waals surface area contributed by atoms with Crippen molar-refractivity contribution in [2.75, 3.05) is 13.2 Å². The Hall–Kier alpha value is -0.503. The second-order valence-electron chi connectivity index (χ2n) is 2.99. The van der Waals surface area contributed by atoms with Crippen LogP contribution in [0, 0.1) is 0 Å². The van der Waals surface area contributed by atoms with Gasteiger partial charge in [0.1, 0.15) is 0 Å². The zero-order chi connectivity index (χ0) is 13.3. The van der Waals surface area contributed by atoms with Gasteiger partial charge in [0.25, 0.3) is 0 Å². The molecule has 0 aromatic carbocycles. The van der Waals surface area contributed by atoms with Crippen LogP contribution in [0.15, 0.2) is 12.7 Å². The molecule has 0 bridgehead atoms. The molecule has 0 aliphatic heterocycles. The molecule has 17 heavy (non-hydrogen) atoms. The van der Waals surface area contributed by atoms with E-state index in [0.717, 1.165) is 6.08 Å². The van der Waals surface area contributed by atoms with Gasteiger partial charge in [0.2, 0.25) is 0 Å². The van der Waals surface area contributed by atoms with Crippen molar-refractivity contribution in [2.24, 2.45) is 0 Å². The standard InChI is InChI=1S/C8H17O7PSi/c1-3-8(9)13-6-5-7-17(14-4-2)15-16(10,11)12/h3,17H,1,4-7H2,2H3,(H2,10,11,12). The lowest BCUT2D eigenvalue weighted by Gasteiger charge is -2.15. The van der Waals surface area contributed by atoms with E-state index in [1.165, 1.54) is 0 Å². The Morgan fingerprint density at radius 3 is 2.65 bits per heavy atom. The fraction of sp³-hybridized carbons (Fsp3) is 0.625. The first-order valence-corrected chi connectivity index (χ1v) is 8.32. The molecule has 2 N–H and O–H groups in total. The zero-order valence-electron chi connectivity index (χ0n) is 9.57. The predicted octanol–water partition coefficient (Wildman–Crippen LogP) is 0.472. The molecule has 0 aromatic rings. The van der Waals surface area contributed by atoms with Gasteiger partial charge < -0.3 is 23.2 Å². The smallest absolute Gasteiger partial charge is 0.461 e. The molecule has 0 amide bonds. The van der Waals surface area contributed by atoms with Crippen LogP contribution < -0.4 is 0 Å². The van der Waals surface area contributed by atoms with Crippen LogP contribution in [0.4, 0.5) is 0 Å². The fourth-order valence-electron chi connectivity index (χ4n) is 0.987. The maximum atomic E-state index is 10.7. The summed E-state index contributed by atoms with van der Waals surface area (Å²) >= 11 is 0. The van der Waals surface area contributed by atoms with Crippen molar-refractivity contribution in [1.29, 1.82) is 0 Å². The molecule has 0 saturated heterocycles. The van der Waals surface area contributed by atoms with E-state index < -0.39 is 23.1 Å². The topological polar surface area (TPSA) is 102 Å². The van der Waals surface area contributed by atoms with E-state index in [4.69, 9.17) is 18.9 Å². The predicted molar refractivity (Wildman–Crippen MR) is 62.5 cm³/mol. The van der Waals surface area contributed by atoms with Gasteiger partial charge in [-0.15, -0.1) is 0 Å². The van der Waals surface area contributed by atoms with E-state index in [-0.39, 0.29) is 6.61 Å². The van der Waals surface area contributed by atoms with Crippen LogP contribution in [0.3, 0.4) is 0 Å². The summed E-state index contributed by atoms with van der Waals surface area (Å²) in [6.07, 6.45) is 1.47. The number of hydrogen-bond acceptors (Lipinski definition) is 5. The van der Waals surface area contributed by atoms with Gasteiger partial charge >= 0.3 is 23.1 Å². The Morgan fingerprint density at radius 1 is 1.53 bits per heavy atom. The highest BCUT2D eigenvalue weighted by Gasteiger charge is 2.24. The maximum absolute atomic E-state index is 10.7. The first-order chi connectivity index (χ1) is 7.89. The van der Waals surface area contributed by atoms with Gasteiger partial charge in [0.05, 0.1) is 6.61 Å². The number of carbonyl (C=O) groups excluding carboxylic acids is 1. The van der Waals surface area contributed by atoms with Crippen molar-refractivity contribution in [3.8, 4) is 0 Å². The van der Waals surface area contributed by atoms with Gasteiger partial charge in [0.15, 0.2) is 0 Å². The van der Waals surface area contributed by atoms with Crippen LogP contribution in [0.25, 0.3) is 0 Å². The van der Waals surface area contributed by atoms with Crippen LogP contribution in [0.2, 0.25) is 6.04 Å². The Kier molecular flexibility index (Phi) is 8.31. The van der Waals surface area contributed by atoms with E-state index in [0.29, 0.717) is 19.1 Å². The highest BCUT2D eigenvalue weighted by atomic mass is 31.2. The van der Waals surface area contributed by atoms with E-state index in [2.05, 4.69) is 10.8 Å². The highest BCUT2D eigenvalue weighted by molar-refractivity contribution is 7.47. The summed E-state index contributed by atoms with van der Waals surface area (Å²) in [6, 6.07) is 0.351. The third-order valence-electron chi connectivity index (χ3n) is 1.60. The first-order valence-electron chi connectivity index (χ1n) is 5.03. The molecule has 0 aliphatic rings. The summed E-state index contributed by atoms with van der Waals surface area (Å²) in [4.78, 5) is 28.0. The van der Waals surface area contributed by atoms with Crippen molar-refractivity contribution >= 4 is 23.1 Å². The van der Waals surface area contributed by atoms with Crippen LogP contribution in [0.1, 0.15) is 13.3 Å². The summed E-state index contributed by atoms with van der Waals surface area (Å²) in [5.74, 6) is -0.532. The molecule has 0 aliphatic carbocycles. The summed E-state index contributed by atoms with van der Waals surface area (Å²) < 4.78 is 25.0. The third-order valence-corrected chi connectivity index (χ3v) is 5.23. The molecule has 1 atom stereocenters. The molecule has 0 rings (SSSR count). The molecule has 7 nitrogen and oxygen atoms in total. The van der Waals surface area contributed by atoms with Gasteiger partial charge in [0, 0.05) is 12.7 Å². The van der Waals surface area contributed by atoms with E-state index >= 15 is 0 Å². The molecule has 0 heterocycles. The molecule has 0 saturated carbocycles. The fourth-order valence-corrected chi connectivity index (χ4v) is 3.92. The second kappa shape index (κ2) is 8.57. The zero-order valence-corrected chi connectivity index (χ0v) is 11.6. The molecule has 0 fully saturated rings. The lowest BCUT2D eigenvalue weighted by Crippen LogP contribution is -2.22. The molecule has 0 aromatic heterocycles. The largest absolute Gasteiger partial charge is 0.463 e. The van der Waals surface area contributed by atoms with Gasteiger partial charge in [-0.3, -0.25) is 0 Å². The lowest BCUT2D eigenvalue weighted by molar-refractivity contribution is -0.137. The van der Waals surface area contributed by atoms with Gasteiger partial charge in [-0.1, -0.05) is 6.58 Å². The number of esters is 1. The molecular formula is C8H17O7PSi. The monoisotopic (exact) mass is 284 g/mol. The van der Waals surface area contributed by atoms with Gasteiger partial charge in [-0.25, -0.2) is 9.36 Å².